The van der Waals surface area contributed by atoms with Crippen molar-refractivity contribution in [2.45, 2.75) is 32.4 Å². The molecular formula is C24H27N3O3S. The van der Waals surface area contributed by atoms with E-state index in [2.05, 4.69) is 35.2 Å². The Labute approximate surface area is 185 Å². The van der Waals surface area contributed by atoms with Gasteiger partial charge in [0.05, 0.1) is 7.11 Å². The lowest BCUT2D eigenvalue weighted by atomic mass is 10.1. The highest BCUT2D eigenvalue weighted by Gasteiger charge is 2.29. The van der Waals surface area contributed by atoms with Crippen molar-refractivity contribution in [2.24, 2.45) is 0 Å². The van der Waals surface area contributed by atoms with Gasteiger partial charge in [-0.05, 0) is 30.4 Å². The lowest BCUT2D eigenvalue weighted by Gasteiger charge is -2.21. The molecular weight excluding hydrogens is 410 g/mol. The molecule has 3 aromatic rings. The number of rotatable bonds is 4. The molecule has 31 heavy (non-hydrogen) atoms. The Morgan fingerprint density at radius 3 is 2.65 bits per heavy atom. The third-order valence-corrected chi connectivity index (χ3v) is 7.47. The zero-order valence-electron chi connectivity index (χ0n) is 17.8. The molecule has 0 bridgehead atoms. The lowest BCUT2D eigenvalue weighted by Crippen LogP contribution is -2.33. The molecule has 0 unspecified atom stereocenters. The molecule has 0 atom stereocenters. The second-order valence-corrected chi connectivity index (χ2v) is 9.47. The van der Waals surface area contributed by atoms with Gasteiger partial charge < -0.3 is 14.2 Å². The minimum atomic E-state index is -0.0893. The van der Waals surface area contributed by atoms with Gasteiger partial charge >= 0.3 is 0 Å². The average molecular weight is 438 g/mol. The van der Waals surface area contributed by atoms with E-state index in [9.17, 15) is 9.59 Å². The normalized spacial score (nSPS) is 17.0. The number of aromatic nitrogens is 1. The fourth-order valence-corrected chi connectivity index (χ4v) is 5.86. The first-order valence-corrected chi connectivity index (χ1v) is 11.8. The van der Waals surface area contributed by atoms with E-state index in [4.69, 9.17) is 4.74 Å². The maximum absolute atomic E-state index is 13.3. The van der Waals surface area contributed by atoms with Crippen LogP contribution in [0.3, 0.4) is 0 Å². The van der Waals surface area contributed by atoms with Crippen LogP contribution in [-0.4, -0.2) is 53.6 Å². The summed E-state index contributed by atoms with van der Waals surface area (Å²) in [5.74, 6) is 0.405. The van der Waals surface area contributed by atoms with Crippen molar-refractivity contribution < 1.29 is 9.53 Å². The fraction of sp³-hybridized carbons (Fsp3) is 0.417. The van der Waals surface area contributed by atoms with Gasteiger partial charge in [-0.25, -0.2) is 0 Å². The van der Waals surface area contributed by atoms with E-state index in [0.29, 0.717) is 24.3 Å². The summed E-state index contributed by atoms with van der Waals surface area (Å²) >= 11 is 1.82. The first-order chi connectivity index (χ1) is 15.1. The maximum atomic E-state index is 13.3. The van der Waals surface area contributed by atoms with E-state index >= 15 is 0 Å². The van der Waals surface area contributed by atoms with Crippen LogP contribution < -0.4 is 10.3 Å². The Kier molecular flexibility index (Phi) is 5.54. The lowest BCUT2D eigenvalue weighted by molar-refractivity contribution is 0.0787. The molecule has 0 saturated carbocycles. The molecule has 5 rings (SSSR count). The average Bonchev–Trinajstić information content (AvgIpc) is 3.40. The van der Waals surface area contributed by atoms with E-state index in [1.165, 1.54) is 28.1 Å². The topological polar surface area (TPSA) is 54.8 Å². The number of ether oxygens (including phenoxy) is 1. The van der Waals surface area contributed by atoms with Gasteiger partial charge in [-0.2, -0.15) is 0 Å². The number of hydrogen-bond donors (Lipinski definition) is 0. The number of likely N-dealkylation sites (tertiary alicyclic amines) is 1. The number of carbonyl (C=O) groups excluding carboxylic acids is 1. The quantitative estimate of drug-likeness (QED) is 0.628. The minimum Gasteiger partial charge on any atom is -0.496 e. The van der Waals surface area contributed by atoms with Gasteiger partial charge in [0, 0.05) is 67.0 Å². The van der Waals surface area contributed by atoms with Crippen LogP contribution in [0, 0.1) is 0 Å². The summed E-state index contributed by atoms with van der Waals surface area (Å²) in [6.45, 7) is 4.58. The second kappa shape index (κ2) is 8.48. The predicted octanol–water partition coefficient (Wildman–Crippen LogP) is 3.37. The number of pyridine rings is 1. The number of benzene rings is 1. The van der Waals surface area contributed by atoms with Crippen molar-refractivity contribution in [1.29, 1.82) is 0 Å². The molecule has 4 heterocycles. The second-order valence-electron chi connectivity index (χ2n) is 8.30. The van der Waals surface area contributed by atoms with Crippen LogP contribution in [0.5, 0.6) is 5.75 Å². The van der Waals surface area contributed by atoms with Crippen molar-refractivity contribution in [1.82, 2.24) is 14.4 Å². The molecule has 2 aliphatic heterocycles. The maximum Gasteiger partial charge on any atom is 0.259 e. The van der Waals surface area contributed by atoms with Crippen LogP contribution in [0.2, 0.25) is 0 Å². The van der Waals surface area contributed by atoms with Gasteiger partial charge in [0.1, 0.15) is 11.3 Å². The fourth-order valence-electron chi connectivity index (χ4n) is 4.76. The Hall–Kier alpha value is -2.64. The van der Waals surface area contributed by atoms with E-state index in [1.54, 1.807) is 4.57 Å². The zero-order valence-corrected chi connectivity index (χ0v) is 18.6. The van der Waals surface area contributed by atoms with Gasteiger partial charge in [0.2, 0.25) is 0 Å². The van der Waals surface area contributed by atoms with E-state index in [1.807, 2.05) is 16.2 Å². The molecule has 6 nitrogen and oxygen atoms in total. The molecule has 1 saturated heterocycles. The molecule has 162 valence electrons. The summed E-state index contributed by atoms with van der Waals surface area (Å²) < 4.78 is 8.59. The number of nitrogens with zero attached hydrogens (tertiary/aromatic N) is 3. The molecule has 0 N–H and O–H groups in total. The molecule has 0 spiro atoms. The van der Waals surface area contributed by atoms with Gasteiger partial charge in [0.15, 0.2) is 0 Å². The molecule has 0 aliphatic carbocycles. The highest BCUT2D eigenvalue weighted by Crippen LogP contribution is 2.28. The largest absolute Gasteiger partial charge is 0.496 e. The summed E-state index contributed by atoms with van der Waals surface area (Å²) in [6.07, 6.45) is 2.73. The summed E-state index contributed by atoms with van der Waals surface area (Å²) in [7, 11) is 1.54. The van der Waals surface area contributed by atoms with Crippen molar-refractivity contribution in [2.75, 3.05) is 33.3 Å². The predicted molar refractivity (Wildman–Crippen MR) is 123 cm³/mol. The van der Waals surface area contributed by atoms with Gasteiger partial charge in [-0.3, -0.25) is 14.5 Å². The highest BCUT2D eigenvalue weighted by molar-refractivity contribution is 7.19. The summed E-state index contributed by atoms with van der Waals surface area (Å²) in [6, 6.07) is 12.2. The summed E-state index contributed by atoms with van der Waals surface area (Å²) in [5, 5.41) is 1.28. The molecule has 1 fully saturated rings. The first kappa shape index (κ1) is 20.3. The Bertz CT molecular complexity index is 1140. The van der Waals surface area contributed by atoms with Crippen LogP contribution in [-0.2, 0) is 19.5 Å². The van der Waals surface area contributed by atoms with Crippen LogP contribution in [0.25, 0.3) is 10.1 Å². The van der Waals surface area contributed by atoms with Gasteiger partial charge in [0.25, 0.3) is 11.5 Å². The monoisotopic (exact) mass is 437 g/mol. The van der Waals surface area contributed by atoms with Crippen molar-refractivity contribution >= 4 is 27.3 Å². The Morgan fingerprint density at radius 2 is 1.87 bits per heavy atom. The molecule has 2 aliphatic rings. The van der Waals surface area contributed by atoms with Crippen LogP contribution in [0.1, 0.15) is 33.8 Å². The van der Waals surface area contributed by atoms with E-state index < -0.39 is 0 Å². The number of hydrogen-bond acceptors (Lipinski definition) is 5. The molecule has 7 heteroatoms. The summed E-state index contributed by atoms with van der Waals surface area (Å²) in [4.78, 5) is 31.7. The number of thiophene rings is 1. The highest BCUT2D eigenvalue weighted by atomic mass is 32.1. The summed E-state index contributed by atoms with van der Waals surface area (Å²) in [5.41, 5.74) is 1.31. The standard InChI is InChI=1S/C24H27N3O3S/c1-30-20-15-22(28)27-13-12-25(16-18-14-17-6-2-3-7-21(17)31-18)11-8-19(27)23(20)24(29)26-9-4-5-10-26/h2-3,6-7,14-15H,4-5,8-13,16H2,1H3. The van der Waals surface area contributed by atoms with Crippen molar-refractivity contribution in [3.63, 3.8) is 0 Å². The molecule has 2 aromatic heterocycles. The van der Waals surface area contributed by atoms with Crippen LogP contribution >= 0.6 is 11.3 Å². The number of fused-ring (bicyclic) bond motifs is 2. The van der Waals surface area contributed by atoms with Crippen molar-refractivity contribution in [3.8, 4) is 5.75 Å². The molecule has 1 amide bonds. The first-order valence-electron chi connectivity index (χ1n) is 10.9. The van der Waals surface area contributed by atoms with Crippen molar-refractivity contribution in [3.05, 3.63) is 62.9 Å². The Morgan fingerprint density at radius 1 is 1.06 bits per heavy atom. The smallest absolute Gasteiger partial charge is 0.259 e. The number of carbonyl (C=O) groups is 1. The SMILES string of the molecule is COc1cc(=O)n2c(c1C(=O)N1CCCC1)CCN(Cc1cc3ccccc3s1)CC2. The van der Waals surface area contributed by atoms with E-state index in [-0.39, 0.29) is 11.5 Å². The van der Waals surface area contributed by atoms with Crippen LogP contribution in [0.15, 0.2) is 41.2 Å². The minimum absolute atomic E-state index is 0.00365. The number of methoxy groups -OCH3 is 1. The molecule has 1 aromatic carbocycles. The number of amides is 1. The third-order valence-electron chi connectivity index (χ3n) is 6.37. The zero-order chi connectivity index (χ0) is 21.4. The third kappa shape index (κ3) is 3.88. The van der Waals surface area contributed by atoms with E-state index in [0.717, 1.165) is 51.3 Å². The Balaban J connectivity index is 1.43. The van der Waals surface area contributed by atoms with Crippen LogP contribution in [0.4, 0.5) is 0 Å². The van der Waals surface area contributed by atoms with Gasteiger partial charge in [-0.15, -0.1) is 11.3 Å². The molecule has 0 radical (unpaired) electrons. The van der Waals surface area contributed by atoms with Gasteiger partial charge in [-0.1, -0.05) is 18.2 Å².